The van der Waals surface area contributed by atoms with E-state index < -0.39 is 5.97 Å². The van der Waals surface area contributed by atoms with E-state index in [1.54, 1.807) is 13.0 Å². The van der Waals surface area contributed by atoms with E-state index >= 15 is 0 Å². The lowest BCUT2D eigenvalue weighted by Crippen LogP contribution is -1.99. The SMILES string of the molecule is Cc1cccc(Oc2ccc(-c3nc(C)c(C(=O)O)s3)cc2-n2cnnn2)c1. The number of carboxylic acids is 1. The molecule has 2 heterocycles. The number of hydrogen-bond donors (Lipinski definition) is 1. The summed E-state index contributed by atoms with van der Waals surface area (Å²) in [5.74, 6) is 0.273. The lowest BCUT2D eigenvalue weighted by atomic mass is 10.2. The van der Waals surface area contributed by atoms with E-state index in [0.29, 0.717) is 27.9 Å². The molecular formula is C19H15N5O3S. The van der Waals surface area contributed by atoms with Crippen molar-refractivity contribution in [1.82, 2.24) is 25.2 Å². The number of benzene rings is 2. The quantitative estimate of drug-likeness (QED) is 0.548. The first kappa shape index (κ1) is 17.8. The van der Waals surface area contributed by atoms with Crippen molar-refractivity contribution in [3.05, 3.63) is 64.9 Å². The number of hydrogen-bond acceptors (Lipinski definition) is 7. The second kappa shape index (κ2) is 7.20. The Balaban J connectivity index is 1.78. The van der Waals surface area contributed by atoms with E-state index in [-0.39, 0.29) is 4.88 Å². The van der Waals surface area contributed by atoms with Crippen LogP contribution in [0.1, 0.15) is 20.9 Å². The van der Waals surface area contributed by atoms with Gasteiger partial charge in [0.25, 0.3) is 0 Å². The number of aromatic carboxylic acids is 1. The summed E-state index contributed by atoms with van der Waals surface area (Å²) < 4.78 is 7.54. The van der Waals surface area contributed by atoms with Gasteiger partial charge in [0.05, 0.1) is 5.69 Å². The number of aryl methyl sites for hydroxylation is 2. The van der Waals surface area contributed by atoms with Crippen LogP contribution >= 0.6 is 11.3 Å². The lowest BCUT2D eigenvalue weighted by Gasteiger charge is -2.12. The van der Waals surface area contributed by atoms with Gasteiger partial charge in [0, 0.05) is 5.56 Å². The average Bonchev–Trinajstić information content (AvgIpc) is 3.32. The molecule has 2 aromatic carbocycles. The predicted molar refractivity (Wildman–Crippen MR) is 103 cm³/mol. The van der Waals surface area contributed by atoms with Crippen molar-refractivity contribution in [3.63, 3.8) is 0 Å². The third kappa shape index (κ3) is 3.47. The zero-order valence-electron chi connectivity index (χ0n) is 15.0. The molecule has 4 rings (SSSR count). The maximum absolute atomic E-state index is 11.3. The number of thiazole rings is 1. The minimum atomic E-state index is -0.985. The summed E-state index contributed by atoms with van der Waals surface area (Å²) in [6.45, 7) is 3.67. The van der Waals surface area contributed by atoms with E-state index in [1.807, 2.05) is 43.3 Å². The Kier molecular flexibility index (Phi) is 4.58. The number of rotatable bonds is 5. The molecule has 0 bridgehead atoms. The van der Waals surface area contributed by atoms with Gasteiger partial charge in [-0.3, -0.25) is 0 Å². The Morgan fingerprint density at radius 1 is 1.18 bits per heavy atom. The standard InChI is InChI=1S/C19H15N5O3S/c1-11-4-3-5-14(8-11)27-16-7-6-13(9-15(16)24-10-20-22-23-24)18-21-12(2)17(28-18)19(25)26/h3-10H,1-2H3,(H,25,26). The van der Waals surface area contributed by atoms with E-state index in [2.05, 4.69) is 20.5 Å². The fraction of sp³-hybridized carbons (Fsp3) is 0.105. The monoisotopic (exact) mass is 393 g/mol. The van der Waals surface area contributed by atoms with Gasteiger partial charge in [0.2, 0.25) is 0 Å². The molecule has 0 aliphatic heterocycles. The molecule has 0 unspecified atom stereocenters. The molecule has 0 atom stereocenters. The lowest BCUT2D eigenvalue weighted by molar-refractivity contribution is 0.0701. The topological polar surface area (TPSA) is 103 Å². The number of nitrogens with zero attached hydrogens (tertiary/aromatic N) is 5. The van der Waals surface area contributed by atoms with E-state index in [0.717, 1.165) is 22.5 Å². The minimum Gasteiger partial charge on any atom is -0.477 e. The largest absolute Gasteiger partial charge is 0.477 e. The smallest absolute Gasteiger partial charge is 0.347 e. The number of carbonyl (C=O) groups is 1. The molecule has 4 aromatic rings. The van der Waals surface area contributed by atoms with Crippen LogP contribution in [0.2, 0.25) is 0 Å². The van der Waals surface area contributed by atoms with Crippen LogP contribution in [0.25, 0.3) is 16.3 Å². The highest BCUT2D eigenvalue weighted by molar-refractivity contribution is 7.17. The van der Waals surface area contributed by atoms with E-state index in [1.165, 1.54) is 11.0 Å². The summed E-state index contributed by atoms with van der Waals surface area (Å²) in [6.07, 6.45) is 1.47. The summed E-state index contributed by atoms with van der Waals surface area (Å²) in [5.41, 5.74) is 2.94. The highest BCUT2D eigenvalue weighted by atomic mass is 32.1. The van der Waals surface area contributed by atoms with E-state index in [9.17, 15) is 9.90 Å². The molecule has 0 radical (unpaired) electrons. The molecule has 9 heteroatoms. The molecule has 1 N–H and O–H groups in total. The van der Waals surface area contributed by atoms with E-state index in [4.69, 9.17) is 4.74 Å². The molecule has 140 valence electrons. The van der Waals surface area contributed by atoms with Crippen LogP contribution in [-0.2, 0) is 0 Å². The highest BCUT2D eigenvalue weighted by Crippen LogP contribution is 2.34. The van der Waals surface area contributed by atoms with Crippen molar-refractivity contribution in [2.24, 2.45) is 0 Å². The summed E-state index contributed by atoms with van der Waals surface area (Å²) in [5, 5.41) is 21.2. The zero-order chi connectivity index (χ0) is 19.7. The number of tetrazole rings is 1. The highest BCUT2D eigenvalue weighted by Gasteiger charge is 2.17. The molecule has 0 saturated carbocycles. The van der Waals surface area contributed by atoms with Crippen molar-refractivity contribution in [2.45, 2.75) is 13.8 Å². The van der Waals surface area contributed by atoms with Crippen LogP contribution in [-0.4, -0.2) is 36.3 Å². The normalized spacial score (nSPS) is 10.8. The molecule has 0 aliphatic carbocycles. The molecule has 0 aliphatic rings. The number of carboxylic acid groups (broad SMARTS) is 1. The molecule has 0 fully saturated rings. The minimum absolute atomic E-state index is 0.221. The molecule has 8 nitrogen and oxygen atoms in total. The van der Waals surface area contributed by atoms with Crippen LogP contribution in [0.3, 0.4) is 0 Å². The first-order valence-corrected chi connectivity index (χ1v) is 9.16. The van der Waals surface area contributed by atoms with Gasteiger partial charge in [-0.1, -0.05) is 12.1 Å². The first-order valence-electron chi connectivity index (χ1n) is 8.34. The molecule has 28 heavy (non-hydrogen) atoms. The van der Waals surface area contributed by atoms with Crippen molar-refractivity contribution in [2.75, 3.05) is 0 Å². The van der Waals surface area contributed by atoms with Gasteiger partial charge < -0.3 is 9.84 Å². The second-order valence-electron chi connectivity index (χ2n) is 6.09. The Morgan fingerprint density at radius 2 is 2.04 bits per heavy atom. The predicted octanol–water partition coefficient (Wildman–Crippen LogP) is 3.89. The van der Waals surface area contributed by atoms with Crippen molar-refractivity contribution < 1.29 is 14.6 Å². The van der Waals surface area contributed by atoms with Crippen LogP contribution in [0.4, 0.5) is 0 Å². The Bertz CT molecular complexity index is 1150. The number of aromatic nitrogens is 5. The molecule has 0 spiro atoms. The summed E-state index contributed by atoms with van der Waals surface area (Å²) in [7, 11) is 0. The van der Waals surface area contributed by atoms with Gasteiger partial charge in [0.15, 0.2) is 5.75 Å². The van der Waals surface area contributed by atoms with Crippen LogP contribution in [0.5, 0.6) is 11.5 Å². The molecular weight excluding hydrogens is 378 g/mol. The van der Waals surface area contributed by atoms with Crippen molar-refractivity contribution in [3.8, 4) is 27.8 Å². The zero-order valence-corrected chi connectivity index (χ0v) is 15.8. The van der Waals surface area contributed by atoms with Gasteiger partial charge in [-0.25, -0.2) is 9.78 Å². The fourth-order valence-electron chi connectivity index (χ4n) is 2.71. The third-order valence-corrected chi connectivity index (χ3v) is 5.20. The Morgan fingerprint density at radius 3 is 2.71 bits per heavy atom. The van der Waals surface area contributed by atoms with Gasteiger partial charge >= 0.3 is 5.97 Å². The van der Waals surface area contributed by atoms with Crippen LogP contribution in [0.15, 0.2) is 48.8 Å². The summed E-state index contributed by atoms with van der Waals surface area (Å²) in [4.78, 5) is 15.9. The van der Waals surface area contributed by atoms with Gasteiger partial charge in [-0.05, 0) is 60.2 Å². The van der Waals surface area contributed by atoms with Crippen LogP contribution < -0.4 is 4.74 Å². The maximum atomic E-state index is 11.3. The summed E-state index contributed by atoms with van der Waals surface area (Å²) in [6, 6.07) is 13.2. The van der Waals surface area contributed by atoms with Gasteiger partial charge in [-0.2, -0.15) is 4.68 Å². The average molecular weight is 393 g/mol. The number of ether oxygens (including phenoxy) is 1. The van der Waals surface area contributed by atoms with Crippen molar-refractivity contribution >= 4 is 17.3 Å². The third-order valence-electron chi connectivity index (χ3n) is 4.01. The van der Waals surface area contributed by atoms with Crippen molar-refractivity contribution in [1.29, 1.82) is 0 Å². The molecule has 2 aromatic heterocycles. The Labute approximate surface area is 164 Å². The first-order chi connectivity index (χ1) is 13.5. The van der Waals surface area contributed by atoms with Gasteiger partial charge in [0.1, 0.15) is 27.6 Å². The molecule has 0 saturated heterocycles. The van der Waals surface area contributed by atoms with Gasteiger partial charge in [-0.15, -0.1) is 16.4 Å². The Hall–Kier alpha value is -3.59. The maximum Gasteiger partial charge on any atom is 0.347 e. The second-order valence-corrected chi connectivity index (χ2v) is 7.09. The fourth-order valence-corrected chi connectivity index (χ4v) is 3.61. The summed E-state index contributed by atoms with van der Waals surface area (Å²) >= 11 is 1.13. The molecule has 0 amide bonds. The van der Waals surface area contributed by atoms with Crippen LogP contribution in [0, 0.1) is 13.8 Å².